The number of halogens is 1. The van der Waals surface area contributed by atoms with Gasteiger partial charge in [0, 0.05) is 10.6 Å². The maximum atomic E-state index is 10.4. The molecule has 0 fully saturated rings. The molecule has 2 atom stereocenters. The fraction of sp³-hybridized carbons (Fsp3) is 0.200. The van der Waals surface area contributed by atoms with Gasteiger partial charge in [-0.25, -0.2) is 0 Å². The van der Waals surface area contributed by atoms with Crippen LogP contribution in [0, 0.1) is 0 Å². The number of rotatable bonds is 6. The Morgan fingerprint density at radius 2 is 1.83 bits per heavy atom. The molecule has 0 aliphatic rings. The molecule has 4 heteroatoms. The zero-order chi connectivity index (χ0) is 16.9. The van der Waals surface area contributed by atoms with Gasteiger partial charge in [-0.3, -0.25) is 0 Å². The summed E-state index contributed by atoms with van der Waals surface area (Å²) in [6, 6.07) is 21.3. The quantitative estimate of drug-likeness (QED) is 0.716. The first-order valence-electron chi connectivity index (χ1n) is 8.04. The molecule has 0 aliphatic heterocycles. The number of hydrogen-bond acceptors (Lipinski definition) is 2. The predicted molar refractivity (Wildman–Crippen MR) is 95.6 cm³/mol. The van der Waals surface area contributed by atoms with Crippen LogP contribution in [-0.2, 0) is 6.54 Å². The smallest absolute Gasteiger partial charge is 0.158 e. The number of aliphatic hydroxyl groups excluding tert-OH is 1. The van der Waals surface area contributed by atoms with Gasteiger partial charge in [-0.1, -0.05) is 54.1 Å². The number of furan rings is 1. The Morgan fingerprint density at radius 1 is 1.04 bits per heavy atom. The molecule has 0 radical (unpaired) electrons. The van der Waals surface area contributed by atoms with Gasteiger partial charge in [-0.15, -0.1) is 0 Å². The molecule has 124 valence electrons. The fourth-order valence-electron chi connectivity index (χ4n) is 2.67. The van der Waals surface area contributed by atoms with Crippen molar-refractivity contribution in [2.75, 3.05) is 0 Å². The van der Waals surface area contributed by atoms with Gasteiger partial charge >= 0.3 is 0 Å². The summed E-state index contributed by atoms with van der Waals surface area (Å²) in [5.74, 6) is 1.68. The summed E-state index contributed by atoms with van der Waals surface area (Å²) < 4.78 is 5.89. The van der Waals surface area contributed by atoms with Crippen LogP contribution in [0.2, 0.25) is 5.02 Å². The van der Waals surface area contributed by atoms with Crippen molar-refractivity contribution in [3.05, 3.63) is 83.1 Å². The van der Waals surface area contributed by atoms with E-state index in [2.05, 4.69) is 5.32 Å². The molecule has 0 saturated carbocycles. The summed E-state index contributed by atoms with van der Waals surface area (Å²) in [4.78, 5) is 0. The molecule has 3 rings (SSSR count). The monoisotopic (exact) mass is 342 g/mol. The van der Waals surface area contributed by atoms with Crippen molar-refractivity contribution in [2.45, 2.75) is 25.6 Å². The van der Waals surface area contributed by atoms with E-state index >= 15 is 0 Å². The lowest BCUT2D eigenvalue weighted by Gasteiger charge is -2.17. The van der Waals surface area contributed by atoms with Crippen LogP contribution in [0.15, 0.2) is 71.1 Å². The average molecular weight is 343 g/mol. The molecule has 3 aromatic rings. The van der Waals surface area contributed by atoms with Crippen molar-refractivity contribution in [2.24, 2.45) is 0 Å². The Bertz CT molecular complexity index is 785. The number of benzene rings is 2. The van der Waals surface area contributed by atoms with E-state index in [1.807, 2.05) is 73.7 Å². The van der Waals surface area contributed by atoms with E-state index in [0.717, 1.165) is 22.6 Å². The van der Waals surface area contributed by atoms with Crippen molar-refractivity contribution in [1.29, 1.82) is 0 Å². The van der Waals surface area contributed by atoms with Crippen molar-refractivity contribution in [3.8, 4) is 11.3 Å². The molecule has 1 heterocycles. The van der Waals surface area contributed by atoms with Crippen LogP contribution < -0.4 is 5.32 Å². The van der Waals surface area contributed by atoms with Gasteiger partial charge in [0.15, 0.2) is 5.76 Å². The van der Waals surface area contributed by atoms with Crippen molar-refractivity contribution in [3.63, 3.8) is 0 Å². The summed E-state index contributed by atoms with van der Waals surface area (Å²) in [5, 5.41) is 13.2. The molecular formula is C20H21ClNO2+. The van der Waals surface area contributed by atoms with E-state index in [1.54, 1.807) is 0 Å². The highest BCUT2D eigenvalue weighted by Crippen LogP contribution is 2.24. The van der Waals surface area contributed by atoms with Gasteiger partial charge < -0.3 is 14.8 Å². The lowest BCUT2D eigenvalue weighted by atomic mass is 10.0. The van der Waals surface area contributed by atoms with Crippen LogP contribution in [0.3, 0.4) is 0 Å². The highest BCUT2D eigenvalue weighted by molar-refractivity contribution is 6.30. The molecule has 0 spiro atoms. The van der Waals surface area contributed by atoms with E-state index < -0.39 is 6.10 Å². The minimum atomic E-state index is -0.506. The molecule has 0 bridgehead atoms. The molecule has 2 aromatic carbocycles. The largest absolute Gasteiger partial charge is 0.455 e. The number of quaternary nitrogens is 1. The molecule has 0 unspecified atom stereocenters. The normalized spacial score (nSPS) is 13.6. The van der Waals surface area contributed by atoms with Gasteiger partial charge in [0.25, 0.3) is 0 Å². The fourth-order valence-corrected chi connectivity index (χ4v) is 2.86. The van der Waals surface area contributed by atoms with Gasteiger partial charge in [-0.2, -0.15) is 0 Å². The molecular weight excluding hydrogens is 322 g/mol. The van der Waals surface area contributed by atoms with Crippen molar-refractivity contribution in [1.82, 2.24) is 0 Å². The summed E-state index contributed by atoms with van der Waals surface area (Å²) in [6.45, 7) is 2.68. The minimum Gasteiger partial charge on any atom is -0.455 e. The third kappa shape index (κ3) is 4.06. The highest BCUT2D eigenvalue weighted by Gasteiger charge is 2.19. The SMILES string of the molecule is C[C@H]([NH2+]Cc1ccc(-c2cccc(Cl)c2)o1)[C@H](O)c1ccccc1. The topological polar surface area (TPSA) is 50.0 Å². The zero-order valence-electron chi connectivity index (χ0n) is 13.5. The van der Waals surface area contributed by atoms with Crippen LogP contribution in [0.4, 0.5) is 0 Å². The maximum Gasteiger partial charge on any atom is 0.158 e. The van der Waals surface area contributed by atoms with Gasteiger partial charge in [0.05, 0.1) is 0 Å². The zero-order valence-corrected chi connectivity index (χ0v) is 14.3. The molecule has 0 aliphatic carbocycles. The van der Waals surface area contributed by atoms with Crippen LogP contribution in [0.5, 0.6) is 0 Å². The Morgan fingerprint density at radius 3 is 2.58 bits per heavy atom. The number of nitrogens with two attached hydrogens (primary N) is 1. The lowest BCUT2D eigenvalue weighted by Crippen LogP contribution is -2.88. The van der Waals surface area contributed by atoms with Gasteiger partial charge in [0.2, 0.25) is 0 Å². The van der Waals surface area contributed by atoms with Gasteiger partial charge in [0.1, 0.15) is 24.5 Å². The molecule has 3 nitrogen and oxygen atoms in total. The highest BCUT2D eigenvalue weighted by atomic mass is 35.5. The Labute approximate surface area is 146 Å². The van der Waals surface area contributed by atoms with E-state index in [0.29, 0.717) is 11.6 Å². The second-order valence-electron chi connectivity index (χ2n) is 5.93. The van der Waals surface area contributed by atoms with E-state index in [4.69, 9.17) is 16.0 Å². The average Bonchev–Trinajstić information content (AvgIpc) is 3.09. The third-order valence-electron chi connectivity index (χ3n) is 4.10. The molecule has 0 saturated heterocycles. The van der Waals surface area contributed by atoms with Crippen molar-refractivity contribution < 1.29 is 14.8 Å². The second kappa shape index (κ2) is 7.67. The standard InChI is InChI=1S/C20H20ClNO2/c1-14(20(23)15-6-3-2-4-7-15)22-13-18-10-11-19(24-18)16-8-5-9-17(21)12-16/h2-12,14,20,22-23H,13H2,1H3/p+1/t14-,20-/m0/s1. The lowest BCUT2D eigenvalue weighted by molar-refractivity contribution is -0.710. The molecule has 24 heavy (non-hydrogen) atoms. The third-order valence-corrected chi connectivity index (χ3v) is 4.34. The van der Waals surface area contributed by atoms with Crippen LogP contribution in [0.25, 0.3) is 11.3 Å². The molecule has 3 N–H and O–H groups in total. The van der Waals surface area contributed by atoms with E-state index in [1.165, 1.54) is 0 Å². The minimum absolute atomic E-state index is 0.0344. The summed E-state index contributed by atoms with van der Waals surface area (Å²) >= 11 is 6.02. The van der Waals surface area contributed by atoms with E-state index in [-0.39, 0.29) is 6.04 Å². The number of aliphatic hydroxyl groups is 1. The summed E-state index contributed by atoms with van der Waals surface area (Å²) in [5.41, 5.74) is 1.89. The second-order valence-corrected chi connectivity index (χ2v) is 6.37. The Hall–Kier alpha value is -2.07. The van der Waals surface area contributed by atoms with Crippen LogP contribution in [0.1, 0.15) is 24.4 Å². The number of hydrogen-bond donors (Lipinski definition) is 2. The maximum absolute atomic E-state index is 10.4. The Balaban J connectivity index is 1.61. The summed E-state index contributed by atoms with van der Waals surface area (Å²) in [7, 11) is 0. The molecule has 0 amide bonds. The Kier molecular flexibility index (Phi) is 5.36. The first-order chi connectivity index (χ1) is 11.6. The van der Waals surface area contributed by atoms with Gasteiger partial charge in [-0.05, 0) is 36.8 Å². The first-order valence-corrected chi connectivity index (χ1v) is 8.42. The molecule has 1 aromatic heterocycles. The van der Waals surface area contributed by atoms with Crippen LogP contribution in [-0.4, -0.2) is 11.1 Å². The van der Waals surface area contributed by atoms with E-state index in [9.17, 15) is 5.11 Å². The van der Waals surface area contributed by atoms with Crippen molar-refractivity contribution >= 4 is 11.6 Å². The first kappa shape index (κ1) is 16.8. The summed E-state index contributed by atoms with van der Waals surface area (Å²) in [6.07, 6.45) is -0.506. The predicted octanol–water partition coefficient (Wildman–Crippen LogP) is 3.79. The van der Waals surface area contributed by atoms with Crippen LogP contribution >= 0.6 is 11.6 Å².